The van der Waals surface area contributed by atoms with Gasteiger partial charge in [-0.25, -0.2) is 4.98 Å². The van der Waals surface area contributed by atoms with E-state index in [1.54, 1.807) is 6.07 Å². The molecule has 1 radical (unpaired) electrons. The lowest BCUT2D eigenvalue weighted by Crippen LogP contribution is -1.90. The molecule has 0 aliphatic carbocycles. The Balaban J connectivity index is 1.93. The zero-order valence-corrected chi connectivity index (χ0v) is 14.1. The van der Waals surface area contributed by atoms with Gasteiger partial charge in [0.1, 0.15) is 11.6 Å². The maximum atomic E-state index is 11.1. The van der Waals surface area contributed by atoms with Gasteiger partial charge in [-0.3, -0.25) is 10.1 Å². The second-order valence-corrected chi connectivity index (χ2v) is 5.93. The molecular weight excluding hydrogens is 342 g/mol. The molecule has 0 unspecified atom stereocenters. The molecule has 0 amide bonds. The number of imidazole rings is 1. The number of hydrogen-bond acceptors (Lipinski definition) is 4. The number of phenols is 1. The number of nitro groups is 1. The number of nitrogens with one attached hydrogen (secondary N) is 1. The highest BCUT2D eigenvalue weighted by Crippen LogP contribution is 2.36. The van der Waals surface area contributed by atoms with Gasteiger partial charge in [0, 0.05) is 23.3 Å². The first-order chi connectivity index (χ1) is 13.1. The fraction of sp³-hybridized carbons (Fsp3) is 0. The van der Waals surface area contributed by atoms with E-state index in [1.165, 1.54) is 18.2 Å². The standard InChI is InChI=1S/C21H14N3O3/c25-18-12-11-16(24(26)27)13-17(18)21-22-19(14-7-3-1-4-8-14)20(23-21)15-9-5-2-6-10-15/h1-5,7-13,25H,(H,22,23). The van der Waals surface area contributed by atoms with Crippen LogP contribution in [0.5, 0.6) is 5.75 Å². The molecule has 0 spiro atoms. The van der Waals surface area contributed by atoms with E-state index in [-0.39, 0.29) is 17.0 Å². The van der Waals surface area contributed by atoms with Crippen LogP contribution in [0.1, 0.15) is 0 Å². The van der Waals surface area contributed by atoms with E-state index in [2.05, 4.69) is 16.0 Å². The number of H-pyrrole nitrogens is 1. The number of nitrogens with zero attached hydrogens (tertiary/aromatic N) is 2. The number of phenolic OH excluding ortho intramolecular Hbond substituents is 1. The summed E-state index contributed by atoms with van der Waals surface area (Å²) in [5.74, 6) is 0.272. The lowest BCUT2D eigenvalue weighted by molar-refractivity contribution is -0.384. The Kier molecular flexibility index (Phi) is 4.14. The Morgan fingerprint density at radius 1 is 1.04 bits per heavy atom. The van der Waals surface area contributed by atoms with E-state index < -0.39 is 4.92 Å². The van der Waals surface area contributed by atoms with Crippen LogP contribution in [0.4, 0.5) is 5.69 Å². The van der Waals surface area contributed by atoms with Crippen molar-refractivity contribution in [2.24, 2.45) is 0 Å². The quantitative estimate of drug-likeness (QED) is 0.405. The summed E-state index contributed by atoms with van der Waals surface area (Å²) in [4.78, 5) is 18.4. The first-order valence-electron chi connectivity index (χ1n) is 8.23. The highest BCUT2D eigenvalue weighted by molar-refractivity contribution is 5.82. The number of aromatic amines is 1. The zero-order chi connectivity index (χ0) is 18.8. The number of benzene rings is 3. The summed E-state index contributed by atoms with van der Waals surface area (Å²) in [7, 11) is 0. The van der Waals surface area contributed by atoms with Crippen LogP contribution in [0.15, 0.2) is 72.8 Å². The fourth-order valence-corrected chi connectivity index (χ4v) is 2.89. The highest BCUT2D eigenvalue weighted by atomic mass is 16.6. The Hall–Kier alpha value is -3.93. The minimum atomic E-state index is -0.503. The van der Waals surface area contributed by atoms with Gasteiger partial charge < -0.3 is 10.1 Å². The predicted octanol–water partition coefficient (Wildman–Crippen LogP) is 4.82. The van der Waals surface area contributed by atoms with E-state index >= 15 is 0 Å². The summed E-state index contributed by atoms with van der Waals surface area (Å²) in [6.45, 7) is 0. The van der Waals surface area contributed by atoms with Gasteiger partial charge in [0.25, 0.3) is 5.69 Å². The van der Waals surface area contributed by atoms with Gasteiger partial charge in [-0.15, -0.1) is 0 Å². The second kappa shape index (κ2) is 6.76. The third-order valence-corrected chi connectivity index (χ3v) is 4.19. The minimum Gasteiger partial charge on any atom is -0.507 e. The SMILES string of the molecule is O=[N+]([O-])c1ccc(O)c(-c2nc(-c3c[c]ccc3)c(-c3ccccc3)[nH]2)c1. The van der Waals surface area contributed by atoms with Crippen molar-refractivity contribution in [2.45, 2.75) is 0 Å². The van der Waals surface area contributed by atoms with Crippen molar-refractivity contribution >= 4 is 5.69 Å². The minimum absolute atomic E-state index is 0.0832. The molecule has 1 heterocycles. The van der Waals surface area contributed by atoms with Crippen molar-refractivity contribution in [1.29, 1.82) is 0 Å². The van der Waals surface area contributed by atoms with Crippen molar-refractivity contribution in [3.05, 3.63) is 89.0 Å². The number of rotatable bonds is 4. The normalized spacial score (nSPS) is 10.7. The fourth-order valence-electron chi connectivity index (χ4n) is 2.89. The molecule has 0 saturated heterocycles. The van der Waals surface area contributed by atoms with Gasteiger partial charge >= 0.3 is 0 Å². The third-order valence-electron chi connectivity index (χ3n) is 4.19. The van der Waals surface area contributed by atoms with E-state index in [0.29, 0.717) is 11.5 Å². The topological polar surface area (TPSA) is 92.1 Å². The van der Waals surface area contributed by atoms with Crippen LogP contribution in [0.2, 0.25) is 0 Å². The summed E-state index contributed by atoms with van der Waals surface area (Å²) < 4.78 is 0. The molecule has 4 aromatic rings. The van der Waals surface area contributed by atoms with Crippen LogP contribution in [0.3, 0.4) is 0 Å². The molecule has 0 saturated carbocycles. The maximum Gasteiger partial charge on any atom is 0.270 e. The molecular formula is C21H14N3O3. The molecule has 1 aromatic heterocycles. The molecule has 131 valence electrons. The Labute approximate surface area is 154 Å². The summed E-state index contributed by atoms with van der Waals surface area (Å²) in [6.07, 6.45) is 0. The first kappa shape index (κ1) is 16.5. The lowest BCUT2D eigenvalue weighted by Gasteiger charge is -2.02. The molecule has 0 bridgehead atoms. The summed E-state index contributed by atoms with van der Waals surface area (Å²) in [5, 5.41) is 21.3. The monoisotopic (exact) mass is 356 g/mol. The van der Waals surface area contributed by atoms with Gasteiger partial charge in [0.05, 0.1) is 21.9 Å². The molecule has 6 heteroatoms. The van der Waals surface area contributed by atoms with Gasteiger partial charge in [-0.1, -0.05) is 48.5 Å². The van der Waals surface area contributed by atoms with Gasteiger partial charge in [-0.05, 0) is 18.2 Å². The average molecular weight is 356 g/mol. The lowest BCUT2D eigenvalue weighted by atomic mass is 10.1. The van der Waals surface area contributed by atoms with Crippen molar-refractivity contribution in [3.8, 4) is 39.7 Å². The van der Waals surface area contributed by atoms with Crippen LogP contribution in [0, 0.1) is 16.2 Å². The Morgan fingerprint density at radius 2 is 1.81 bits per heavy atom. The predicted molar refractivity (Wildman–Crippen MR) is 102 cm³/mol. The molecule has 27 heavy (non-hydrogen) atoms. The van der Waals surface area contributed by atoms with Crippen molar-refractivity contribution in [3.63, 3.8) is 0 Å². The molecule has 2 N–H and O–H groups in total. The van der Waals surface area contributed by atoms with Crippen molar-refractivity contribution < 1.29 is 10.0 Å². The van der Waals surface area contributed by atoms with Crippen LogP contribution in [-0.2, 0) is 0 Å². The first-order valence-corrected chi connectivity index (χ1v) is 8.23. The molecule has 0 atom stereocenters. The third kappa shape index (κ3) is 3.16. The average Bonchev–Trinajstić information content (AvgIpc) is 3.15. The number of aromatic hydroxyl groups is 1. The maximum absolute atomic E-state index is 11.1. The van der Waals surface area contributed by atoms with Crippen molar-refractivity contribution in [2.75, 3.05) is 0 Å². The van der Waals surface area contributed by atoms with E-state index in [9.17, 15) is 15.2 Å². The largest absolute Gasteiger partial charge is 0.507 e. The van der Waals surface area contributed by atoms with Gasteiger partial charge in [0.15, 0.2) is 0 Å². The number of hydrogen-bond donors (Lipinski definition) is 2. The smallest absolute Gasteiger partial charge is 0.270 e. The van der Waals surface area contributed by atoms with E-state index in [1.807, 2.05) is 48.5 Å². The summed E-state index contributed by atoms with van der Waals surface area (Å²) >= 11 is 0. The molecule has 4 rings (SSSR count). The number of nitro benzene ring substituents is 1. The van der Waals surface area contributed by atoms with Crippen LogP contribution < -0.4 is 0 Å². The molecule has 6 nitrogen and oxygen atoms in total. The Bertz CT molecular complexity index is 1050. The van der Waals surface area contributed by atoms with Crippen LogP contribution in [0.25, 0.3) is 33.9 Å². The zero-order valence-electron chi connectivity index (χ0n) is 14.1. The molecule has 3 aromatic carbocycles. The van der Waals surface area contributed by atoms with Gasteiger partial charge in [-0.2, -0.15) is 0 Å². The number of aromatic nitrogens is 2. The van der Waals surface area contributed by atoms with Crippen LogP contribution in [-0.4, -0.2) is 20.0 Å². The second-order valence-electron chi connectivity index (χ2n) is 5.93. The Morgan fingerprint density at radius 3 is 2.52 bits per heavy atom. The van der Waals surface area contributed by atoms with E-state index in [4.69, 9.17) is 0 Å². The molecule has 0 fully saturated rings. The highest BCUT2D eigenvalue weighted by Gasteiger charge is 2.19. The molecule has 0 aliphatic heterocycles. The summed E-state index contributed by atoms with van der Waals surface area (Å²) in [6, 6.07) is 23.9. The summed E-state index contributed by atoms with van der Waals surface area (Å²) in [5.41, 5.74) is 3.36. The molecule has 0 aliphatic rings. The van der Waals surface area contributed by atoms with Gasteiger partial charge in [0.2, 0.25) is 0 Å². The van der Waals surface area contributed by atoms with Crippen LogP contribution >= 0.6 is 0 Å². The van der Waals surface area contributed by atoms with E-state index in [0.717, 1.165) is 16.8 Å². The number of non-ortho nitro benzene ring substituents is 1. The van der Waals surface area contributed by atoms with Crippen molar-refractivity contribution in [1.82, 2.24) is 9.97 Å².